The maximum absolute atomic E-state index is 12.0. The molecule has 1 aromatic carbocycles. The summed E-state index contributed by atoms with van der Waals surface area (Å²) in [6, 6.07) is 9.55. The fourth-order valence-corrected chi connectivity index (χ4v) is 4.28. The van der Waals surface area contributed by atoms with Crippen molar-refractivity contribution in [1.82, 2.24) is 10.3 Å². The van der Waals surface area contributed by atoms with Gasteiger partial charge in [0.25, 0.3) is 0 Å². The lowest BCUT2D eigenvalue weighted by atomic mass is 10.2. The Balaban J connectivity index is 1.49. The van der Waals surface area contributed by atoms with E-state index in [1.807, 2.05) is 43.5 Å². The molecule has 3 aromatic rings. The molecule has 0 fully saturated rings. The summed E-state index contributed by atoms with van der Waals surface area (Å²) in [5, 5.41) is 5.58. The summed E-state index contributed by atoms with van der Waals surface area (Å²) in [7, 11) is 0. The molecule has 136 valence electrons. The molecule has 26 heavy (non-hydrogen) atoms. The van der Waals surface area contributed by atoms with Crippen LogP contribution < -0.4 is 5.32 Å². The lowest BCUT2D eigenvalue weighted by molar-refractivity contribution is -0.118. The first-order valence-electron chi connectivity index (χ1n) is 8.13. The van der Waals surface area contributed by atoms with Crippen LogP contribution in [-0.2, 0) is 17.1 Å². The lowest BCUT2D eigenvalue weighted by Gasteiger charge is -2.06. The molecular weight excluding hydrogens is 388 g/mol. The monoisotopic (exact) mass is 406 g/mol. The highest BCUT2D eigenvalue weighted by Crippen LogP contribution is 2.30. The molecule has 0 atom stereocenters. The average molecular weight is 407 g/mol. The standard InChI is InChI=1S/C19H19ClN2O2S2/c1-12-7-8-26-18(12)19-22-16(13(2)24-19)10-25-11-17(23)21-9-14-5-3-4-6-15(14)20/h3-8H,9-11H2,1-2H3,(H,21,23). The molecule has 4 nitrogen and oxygen atoms in total. The van der Waals surface area contributed by atoms with Gasteiger partial charge in [0.1, 0.15) is 5.76 Å². The summed E-state index contributed by atoms with van der Waals surface area (Å²) in [6.07, 6.45) is 0. The van der Waals surface area contributed by atoms with Crippen LogP contribution in [0.4, 0.5) is 0 Å². The second-order valence-electron chi connectivity index (χ2n) is 5.82. The predicted molar refractivity (Wildman–Crippen MR) is 109 cm³/mol. The van der Waals surface area contributed by atoms with E-state index in [0.717, 1.165) is 27.5 Å². The van der Waals surface area contributed by atoms with E-state index in [-0.39, 0.29) is 5.91 Å². The number of rotatable bonds is 7. The molecule has 1 amide bonds. The molecule has 0 radical (unpaired) electrons. The van der Waals surface area contributed by atoms with Gasteiger partial charge < -0.3 is 9.73 Å². The summed E-state index contributed by atoms with van der Waals surface area (Å²) >= 11 is 9.23. The van der Waals surface area contributed by atoms with Crippen molar-refractivity contribution in [2.24, 2.45) is 0 Å². The summed E-state index contributed by atoms with van der Waals surface area (Å²) in [6.45, 7) is 4.39. The van der Waals surface area contributed by atoms with Crippen LogP contribution in [0.2, 0.25) is 5.02 Å². The van der Waals surface area contributed by atoms with E-state index in [4.69, 9.17) is 16.0 Å². The Morgan fingerprint density at radius 3 is 2.85 bits per heavy atom. The largest absolute Gasteiger partial charge is 0.440 e. The maximum Gasteiger partial charge on any atom is 0.237 e. The molecule has 0 spiro atoms. The molecule has 0 bridgehead atoms. The minimum absolute atomic E-state index is 0.0228. The quantitative estimate of drug-likeness (QED) is 0.584. The molecular formula is C19H19ClN2O2S2. The van der Waals surface area contributed by atoms with Gasteiger partial charge in [0.2, 0.25) is 11.8 Å². The molecule has 7 heteroatoms. The number of thiophene rings is 1. The van der Waals surface area contributed by atoms with Crippen LogP contribution in [0.5, 0.6) is 0 Å². The lowest BCUT2D eigenvalue weighted by Crippen LogP contribution is -2.24. The number of nitrogens with one attached hydrogen (secondary N) is 1. The summed E-state index contributed by atoms with van der Waals surface area (Å²) in [4.78, 5) is 17.7. The van der Waals surface area contributed by atoms with Gasteiger partial charge in [0, 0.05) is 17.3 Å². The number of halogens is 1. The summed E-state index contributed by atoms with van der Waals surface area (Å²) < 4.78 is 5.79. The van der Waals surface area contributed by atoms with E-state index in [0.29, 0.717) is 29.0 Å². The van der Waals surface area contributed by atoms with Gasteiger partial charge in [0.15, 0.2) is 0 Å². The van der Waals surface area contributed by atoms with Crippen molar-refractivity contribution in [3.05, 3.63) is 63.3 Å². The minimum atomic E-state index is -0.0228. The zero-order chi connectivity index (χ0) is 18.5. The number of carbonyl (C=O) groups excluding carboxylic acids is 1. The topological polar surface area (TPSA) is 55.1 Å². The van der Waals surface area contributed by atoms with Crippen molar-refractivity contribution in [3.8, 4) is 10.8 Å². The third kappa shape index (κ3) is 4.69. The second-order valence-corrected chi connectivity index (χ2v) is 8.12. The van der Waals surface area contributed by atoms with E-state index in [1.54, 1.807) is 11.3 Å². The molecule has 0 saturated heterocycles. The molecule has 2 heterocycles. The van der Waals surface area contributed by atoms with Crippen LogP contribution in [0, 0.1) is 13.8 Å². The molecule has 1 N–H and O–H groups in total. The molecule has 0 aliphatic carbocycles. The van der Waals surface area contributed by atoms with Gasteiger partial charge in [-0.05, 0) is 42.5 Å². The zero-order valence-corrected chi connectivity index (χ0v) is 16.9. The molecule has 3 rings (SSSR count). The fraction of sp³-hybridized carbons (Fsp3) is 0.263. The van der Waals surface area contributed by atoms with Crippen LogP contribution in [-0.4, -0.2) is 16.6 Å². The number of oxazole rings is 1. The SMILES string of the molecule is Cc1ccsc1-c1nc(CSCC(=O)NCc2ccccc2Cl)c(C)o1. The Morgan fingerprint density at radius 1 is 1.31 bits per heavy atom. The highest BCUT2D eigenvalue weighted by Gasteiger charge is 2.14. The highest BCUT2D eigenvalue weighted by atomic mass is 35.5. The van der Waals surface area contributed by atoms with Gasteiger partial charge in [-0.1, -0.05) is 29.8 Å². The Labute approximate surface area is 166 Å². The maximum atomic E-state index is 12.0. The minimum Gasteiger partial charge on any atom is -0.440 e. The number of hydrogen-bond donors (Lipinski definition) is 1. The van der Waals surface area contributed by atoms with Gasteiger partial charge in [-0.3, -0.25) is 4.79 Å². The average Bonchev–Trinajstić information content (AvgIpc) is 3.20. The third-order valence-electron chi connectivity index (χ3n) is 3.85. The van der Waals surface area contributed by atoms with E-state index in [9.17, 15) is 4.79 Å². The summed E-state index contributed by atoms with van der Waals surface area (Å²) in [5.41, 5.74) is 2.96. The molecule has 2 aromatic heterocycles. The number of amides is 1. The molecule has 0 saturated carbocycles. The molecule has 0 aliphatic heterocycles. The normalized spacial score (nSPS) is 10.9. The number of benzene rings is 1. The Bertz CT molecular complexity index is 905. The van der Waals surface area contributed by atoms with E-state index >= 15 is 0 Å². The van der Waals surface area contributed by atoms with Gasteiger partial charge in [-0.2, -0.15) is 0 Å². The van der Waals surface area contributed by atoms with Crippen LogP contribution in [0.15, 0.2) is 40.1 Å². The Morgan fingerprint density at radius 2 is 2.12 bits per heavy atom. The Hall–Kier alpha value is -1.76. The van der Waals surface area contributed by atoms with E-state index in [2.05, 4.69) is 16.4 Å². The fourth-order valence-electron chi connectivity index (χ4n) is 2.38. The number of nitrogens with zero attached hydrogens (tertiary/aromatic N) is 1. The second kappa shape index (κ2) is 8.75. The van der Waals surface area contributed by atoms with Crippen molar-refractivity contribution >= 4 is 40.6 Å². The van der Waals surface area contributed by atoms with Crippen molar-refractivity contribution in [2.75, 3.05) is 5.75 Å². The number of thioether (sulfide) groups is 1. The van der Waals surface area contributed by atoms with Crippen LogP contribution in [0.3, 0.4) is 0 Å². The van der Waals surface area contributed by atoms with Crippen molar-refractivity contribution < 1.29 is 9.21 Å². The van der Waals surface area contributed by atoms with E-state index in [1.165, 1.54) is 11.8 Å². The smallest absolute Gasteiger partial charge is 0.237 e. The van der Waals surface area contributed by atoms with Crippen molar-refractivity contribution in [3.63, 3.8) is 0 Å². The van der Waals surface area contributed by atoms with Gasteiger partial charge >= 0.3 is 0 Å². The van der Waals surface area contributed by atoms with Gasteiger partial charge in [0.05, 0.1) is 16.3 Å². The van der Waals surface area contributed by atoms with Gasteiger partial charge in [-0.25, -0.2) is 4.98 Å². The first-order valence-corrected chi connectivity index (χ1v) is 10.5. The first-order chi connectivity index (χ1) is 12.5. The third-order valence-corrected chi connectivity index (χ3v) is 6.17. The summed E-state index contributed by atoms with van der Waals surface area (Å²) in [5.74, 6) is 2.44. The zero-order valence-electron chi connectivity index (χ0n) is 14.5. The molecule has 0 aliphatic rings. The van der Waals surface area contributed by atoms with Gasteiger partial charge in [-0.15, -0.1) is 23.1 Å². The number of hydrogen-bond acceptors (Lipinski definition) is 5. The van der Waals surface area contributed by atoms with Crippen LogP contribution in [0.25, 0.3) is 10.8 Å². The van der Waals surface area contributed by atoms with Crippen molar-refractivity contribution in [1.29, 1.82) is 0 Å². The number of carbonyl (C=O) groups is 1. The molecule has 0 unspecified atom stereocenters. The highest BCUT2D eigenvalue weighted by molar-refractivity contribution is 7.99. The van der Waals surface area contributed by atoms with Crippen LogP contribution >= 0.6 is 34.7 Å². The first kappa shape index (κ1) is 19.0. The number of aryl methyl sites for hydroxylation is 2. The Kier molecular flexibility index (Phi) is 6.40. The van der Waals surface area contributed by atoms with E-state index < -0.39 is 0 Å². The number of aromatic nitrogens is 1. The van der Waals surface area contributed by atoms with Crippen molar-refractivity contribution in [2.45, 2.75) is 26.1 Å². The van der Waals surface area contributed by atoms with Crippen LogP contribution in [0.1, 0.15) is 22.6 Å². The predicted octanol–water partition coefficient (Wildman–Crippen LogP) is 5.22.